The molecule has 0 amide bonds. The molecule has 1 heterocycles. The lowest BCUT2D eigenvalue weighted by Gasteiger charge is -2.13. The second-order valence-corrected chi connectivity index (χ2v) is 7.54. The van der Waals surface area contributed by atoms with Crippen molar-refractivity contribution in [2.24, 2.45) is 0 Å². The average Bonchev–Trinajstić information content (AvgIpc) is 3.11. The molecule has 0 bridgehead atoms. The maximum Gasteiger partial charge on any atom is 0.265 e. The van der Waals surface area contributed by atoms with Gasteiger partial charge >= 0.3 is 0 Å². The summed E-state index contributed by atoms with van der Waals surface area (Å²) in [6.45, 7) is 0. The monoisotopic (exact) mass is 426 g/mol. The third-order valence-electron chi connectivity index (χ3n) is 3.35. The summed E-state index contributed by atoms with van der Waals surface area (Å²) in [6.07, 6.45) is 1.48. The normalized spacial score (nSPS) is 11.3. The van der Waals surface area contributed by atoms with Crippen LogP contribution in [-0.4, -0.2) is 20.7 Å². The van der Waals surface area contributed by atoms with E-state index in [0.717, 1.165) is 0 Å². The molecule has 0 aliphatic rings. The first-order valence-electron chi connectivity index (χ1n) is 6.97. The first-order valence-corrected chi connectivity index (χ1v) is 9.25. The largest absolute Gasteiger partial charge is 0.495 e. The predicted octanol–water partition coefficient (Wildman–Crippen LogP) is 4.05. The first kappa shape index (κ1) is 17.4. The molecule has 0 saturated carbocycles. The quantitative estimate of drug-likeness (QED) is 0.665. The van der Waals surface area contributed by atoms with Crippen LogP contribution in [0.3, 0.4) is 0 Å². The third kappa shape index (κ3) is 3.67. The Kier molecular flexibility index (Phi) is 4.78. The van der Waals surface area contributed by atoms with Gasteiger partial charge in [-0.05, 0) is 36.4 Å². The fourth-order valence-electron chi connectivity index (χ4n) is 2.18. The SMILES string of the molecule is COc1cc(-c2ccno2)ccc1S(=O)(=O)Nc1ccc(Br)cc1F. The van der Waals surface area contributed by atoms with Gasteiger partial charge in [-0.15, -0.1) is 0 Å². The summed E-state index contributed by atoms with van der Waals surface area (Å²) in [5.74, 6) is -0.136. The molecule has 3 aromatic rings. The fourth-order valence-corrected chi connectivity index (χ4v) is 3.73. The van der Waals surface area contributed by atoms with Crippen LogP contribution >= 0.6 is 15.9 Å². The highest BCUT2D eigenvalue weighted by Crippen LogP contribution is 2.31. The minimum absolute atomic E-state index is 0.0962. The van der Waals surface area contributed by atoms with Crippen LogP contribution in [0.1, 0.15) is 0 Å². The van der Waals surface area contributed by atoms with Crippen molar-refractivity contribution in [1.82, 2.24) is 5.16 Å². The Balaban J connectivity index is 1.99. The Morgan fingerprint density at radius 2 is 2.00 bits per heavy atom. The van der Waals surface area contributed by atoms with E-state index in [-0.39, 0.29) is 16.3 Å². The van der Waals surface area contributed by atoms with Gasteiger partial charge < -0.3 is 9.26 Å². The predicted molar refractivity (Wildman–Crippen MR) is 93.4 cm³/mol. The number of rotatable bonds is 5. The Hall–Kier alpha value is -2.39. The van der Waals surface area contributed by atoms with Gasteiger partial charge in [0, 0.05) is 16.1 Å². The van der Waals surface area contributed by atoms with Crippen molar-refractivity contribution in [2.75, 3.05) is 11.8 Å². The summed E-state index contributed by atoms with van der Waals surface area (Å²) in [4.78, 5) is -0.124. The molecule has 0 aliphatic carbocycles. The van der Waals surface area contributed by atoms with Gasteiger partial charge in [0.15, 0.2) is 5.76 Å². The van der Waals surface area contributed by atoms with Crippen molar-refractivity contribution in [3.05, 3.63) is 59.0 Å². The summed E-state index contributed by atoms with van der Waals surface area (Å²) in [5, 5.41) is 3.61. The van der Waals surface area contributed by atoms with Gasteiger partial charge in [0.1, 0.15) is 16.5 Å². The molecule has 0 radical (unpaired) electrons. The van der Waals surface area contributed by atoms with E-state index in [1.807, 2.05) is 0 Å². The lowest BCUT2D eigenvalue weighted by Crippen LogP contribution is -2.15. The Morgan fingerprint density at radius 3 is 2.64 bits per heavy atom. The molecule has 0 spiro atoms. The molecule has 0 fully saturated rings. The van der Waals surface area contributed by atoms with Crippen molar-refractivity contribution in [2.45, 2.75) is 4.90 Å². The molecule has 0 unspecified atom stereocenters. The molecule has 0 saturated heterocycles. The number of halogens is 2. The fraction of sp³-hybridized carbons (Fsp3) is 0.0625. The number of benzene rings is 2. The van der Waals surface area contributed by atoms with E-state index >= 15 is 0 Å². The molecule has 2 aromatic carbocycles. The molecular weight excluding hydrogens is 415 g/mol. The molecule has 1 aromatic heterocycles. The van der Waals surface area contributed by atoms with E-state index in [9.17, 15) is 12.8 Å². The summed E-state index contributed by atoms with van der Waals surface area (Å²) in [5.41, 5.74) is 0.438. The number of sulfonamides is 1. The van der Waals surface area contributed by atoms with Crippen LogP contribution in [0.15, 0.2) is 62.6 Å². The second kappa shape index (κ2) is 6.85. The smallest absolute Gasteiger partial charge is 0.265 e. The molecule has 3 rings (SSSR count). The third-order valence-corrected chi connectivity index (χ3v) is 5.25. The minimum Gasteiger partial charge on any atom is -0.495 e. The highest BCUT2D eigenvalue weighted by molar-refractivity contribution is 9.10. The minimum atomic E-state index is -4.05. The second-order valence-electron chi connectivity index (χ2n) is 4.97. The lowest BCUT2D eigenvalue weighted by molar-refractivity contribution is 0.402. The van der Waals surface area contributed by atoms with Gasteiger partial charge in [0.25, 0.3) is 10.0 Å². The number of nitrogens with zero attached hydrogens (tertiary/aromatic N) is 1. The molecule has 9 heteroatoms. The topological polar surface area (TPSA) is 81.4 Å². The van der Waals surface area contributed by atoms with Gasteiger partial charge in [-0.25, -0.2) is 12.8 Å². The highest BCUT2D eigenvalue weighted by Gasteiger charge is 2.22. The van der Waals surface area contributed by atoms with Crippen LogP contribution in [0.4, 0.5) is 10.1 Å². The first-order chi connectivity index (χ1) is 11.9. The van der Waals surface area contributed by atoms with Gasteiger partial charge in [-0.3, -0.25) is 4.72 Å². The van der Waals surface area contributed by atoms with Gasteiger partial charge in [0.2, 0.25) is 0 Å². The zero-order chi connectivity index (χ0) is 18.0. The number of methoxy groups -OCH3 is 1. The van der Waals surface area contributed by atoms with Crippen molar-refractivity contribution < 1.29 is 22.1 Å². The Morgan fingerprint density at radius 1 is 1.20 bits per heavy atom. The zero-order valence-corrected chi connectivity index (χ0v) is 15.3. The van der Waals surface area contributed by atoms with Crippen molar-refractivity contribution in [3.8, 4) is 17.1 Å². The zero-order valence-electron chi connectivity index (χ0n) is 12.9. The number of aromatic nitrogens is 1. The van der Waals surface area contributed by atoms with E-state index in [4.69, 9.17) is 9.26 Å². The maximum atomic E-state index is 13.9. The van der Waals surface area contributed by atoms with Crippen LogP contribution in [0, 0.1) is 5.82 Å². The Labute approximate surface area is 151 Å². The van der Waals surface area contributed by atoms with E-state index in [2.05, 4.69) is 25.8 Å². The number of hydrogen-bond donors (Lipinski definition) is 1. The number of nitrogens with one attached hydrogen (secondary N) is 1. The van der Waals surface area contributed by atoms with Crippen molar-refractivity contribution in [3.63, 3.8) is 0 Å². The van der Waals surface area contributed by atoms with E-state index in [1.165, 1.54) is 43.6 Å². The molecule has 1 N–H and O–H groups in total. The summed E-state index contributed by atoms with van der Waals surface area (Å²) in [6, 6.07) is 10.1. The number of hydrogen-bond acceptors (Lipinski definition) is 5. The summed E-state index contributed by atoms with van der Waals surface area (Å²) in [7, 11) is -2.71. The lowest BCUT2D eigenvalue weighted by atomic mass is 10.1. The van der Waals surface area contributed by atoms with Crippen LogP contribution in [0.5, 0.6) is 5.75 Å². The highest BCUT2D eigenvalue weighted by atomic mass is 79.9. The van der Waals surface area contributed by atoms with E-state index in [0.29, 0.717) is 15.8 Å². The van der Waals surface area contributed by atoms with Crippen molar-refractivity contribution in [1.29, 1.82) is 0 Å². The van der Waals surface area contributed by atoms with E-state index in [1.54, 1.807) is 12.1 Å². The van der Waals surface area contributed by atoms with Crippen LogP contribution in [0.2, 0.25) is 0 Å². The number of ether oxygens (including phenoxy) is 1. The van der Waals surface area contributed by atoms with Gasteiger partial charge in [-0.1, -0.05) is 21.1 Å². The summed E-state index contributed by atoms with van der Waals surface area (Å²) < 4.78 is 52.1. The number of anilines is 1. The van der Waals surface area contributed by atoms with Gasteiger partial charge in [-0.2, -0.15) is 0 Å². The Bertz CT molecular complexity index is 1010. The summed E-state index contributed by atoms with van der Waals surface area (Å²) >= 11 is 3.12. The molecular formula is C16H12BrFN2O4S. The maximum absolute atomic E-state index is 13.9. The van der Waals surface area contributed by atoms with Crippen LogP contribution in [0.25, 0.3) is 11.3 Å². The molecule has 130 valence electrons. The standard InChI is InChI=1S/C16H12BrFN2O4S/c1-23-15-8-10(14-6-7-19-24-14)2-5-16(15)25(21,22)20-13-4-3-11(17)9-12(13)18/h2-9,20H,1H3. The van der Waals surface area contributed by atoms with Gasteiger partial charge in [0.05, 0.1) is 19.0 Å². The van der Waals surface area contributed by atoms with Crippen LogP contribution < -0.4 is 9.46 Å². The molecule has 25 heavy (non-hydrogen) atoms. The van der Waals surface area contributed by atoms with E-state index < -0.39 is 15.8 Å². The average molecular weight is 427 g/mol. The van der Waals surface area contributed by atoms with Crippen LogP contribution in [-0.2, 0) is 10.0 Å². The molecule has 0 aliphatic heterocycles. The van der Waals surface area contributed by atoms with Crippen molar-refractivity contribution >= 4 is 31.6 Å². The molecule has 6 nitrogen and oxygen atoms in total. The molecule has 0 atom stereocenters.